The third-order valence-corrected chi connectivity index (χ3v) is 4.80. The first kappa shape index (κ1) is 18.9. The van der Waals surface area contributed by atoms with Crippen LogP contribution in [0.3, 0.4) is 0 Å². The van der Waals surface area contributed by atoms with Crippen molar-refractivity contribution in [1.82, 2.24) is 14.8 Å². The van der Waals surface area contributed by atoms with Gasteiger partial charge >= 0.3 is 0 Å². The Bertz CT molecular complexity index is 693. The zero-order chi connectivity index (χ0) is 16.2. The van der Waals surface area contributed by atoms with Crippen molar-refractivity contribution < 1.29 is 4.79 Å². The van der Waals surface area contributed by atoms with Crippen LogP contribution in [0.25, 0.3) is 0 Å². The summed E-state index contributed by atoms with van der Waals surface area (Å²) in [4.78, 5) is 16.5. The summed E-state index contributed by atoms with van der Waals surface area (Å²) in [5.74, 6) is 0.599. The van der Waals surface area contributed by atoms with Crippen LogP contribution in [0.15, 0.2) is 35.1 Å². The van der Waals surface area contributed by atoms with Crippen molar-refractivity contribution in [3.05, 3.63) is 40.6 Å². The van der Waals surface area contributed by atoms with Gasteiger partial charge < -0.3 is 5.73 Å². The van der Waals surface area contributed by atoms with Crippen LogP contribution in [-0.2, 0) is 11.3 Å². The zero-order valence-electron chi connectivity index (χ0n) is 13.2. The third-order valence-electron chi connectivity index (χ3n) is 4.30. The number of hydrogen-bond donors (Lipinski definition) is 2. The molecular weight excluding hydrogens is 394 g/mol. The smallest absolute Gasteiger partial charge is 0.248 e. The summed E-state index contributed by atoms with van der Waals surface area (Å²) in [6, 6.07) is 8.01. The molecule has 130 valence electrons. The maximum atomic E-state index is 12.3. The van der Waals surface area contributed by atoms with Crippen molar-refractivity contribution in [2.24, 2.45) is 17.6 Å². The van der Waals surface area contributed by atoms with E-state index in [1.165, 1.54) is 0 Å². The van der Waals surface area contributed by atoms with Crippen LogP contribution in [0.2, 0.25) is 0 Å². The summed E-state index contributed by atoms with van der Waals surface area (Å²) in [6.45, 7) is 1.17. The predicted molar refractivity (Wildman–Crippen MR) is 99.0 cm³/mol. The lowest BCUT2D eigenvalue weighted by Gasteiger charge is -2.15. The van der Waals surface area contributed by atoms with Gasteiger partial charge in [-0.2, -0.15) is 0 Å². The number of rotatable bonds is 5. The zero-order valence-corrected chi connectivity index (χ0v) is 15.6. The van der Waals surface area contributed by atoms with E-state index in [4.69, 9.17) is 5.73 Å². The largest absolute Gasteiger partial charge is 0.330 e. The fourth-order valence-electron chi connectivity index (χ4n) is 3.12. The second-order valence-electron chi connectivity index (χ2n) is 5.92. The highest BCUT2D eigenvalue weighted by molar-refractivity contribution is 9.10. The lowest BCUT2D eigenvalue weighted by Crippen LogP contribution is -2.30. The number of halogens is 2. The van der Waals surface area contributed by atoms with E-state index in [0.29, 0.717) is 19.0 Å². The highest BCUT2D eigenvalue weighted by Crippen LogP contribution is 2.31. The Labute approximate surface area is 155 Å². The van der Waals surface area contributed by atoms with Crippen molar-refractivity contribution in [3.63, 3.8) is 0 Å². The highest BCUT2D eigenvalue weighted by Gasteiger charge is 2.32. The highest BCUT2D eigenvalue weighted by atomic mass is 79.9. The second kappa shape index (κ2) is 8.60. The van der Waals surface area contributed by atoms with Crippen molar-refractivity contribution in [1.29, 1.82) is 0 Å². The second-order valence-corrected chi connectivity index (χ2v) is 6.83. The average Bonchev–Trinajstić information content (AvgIpc) is 3.16. The van der Waals surface area contributed by atoms with Crippen LogP contribution >= 0.6 is 28.3 Å². The molecule has 1 heterocycles. The van der Waals surface area contributed by atoms with Crippen molar-refractivity contribution in [2.45, 2.75) is 25.8 Å². The maximum Gasteiger partial charge on any atom is 0.248 e. The van der Waals surface area contributed by atoms with Crippen LogP contribution in [0.5, 0.6) is 0 Å². The molecule has 0 bridgehead atoms. The lowest BCUT2D eigenvalue weighted by molar-refractivity contribution is -0.120. The molecular formula is C16H21BrClN5O. The Morgan fingerprint density at radius 2 is 2.25 bits per heavy atom. The van der Waals surface area contributed by atoms with Crippen LogP contribution in [0.1, 0.15) is 24.8 Å². The molecule has 0 spiro atoms. The Morgan fingerprint density at radius 3 is 3.00 bits per heavy atom. The molecule has 0 unspecified atom stereocenters. The number of carbonyl (C=O) groups excluding carboxylic acids is 1. The van der Waals surface area contributed by atoms with Crippen molar-refractivity contribution in [3.8, 4) is 0 Å². The number of nitrogens with one attached hydrogen (secondary N) is 1. The molecule has 1 aromatic heterocycles. The molecule has 0 radical (unpaired) electrons. The SMILES string of the molecule is Cl.NC[C@H]1CCC[C@H]1C(=O)Nc1ncn(Cc2cccc(Br)c2)n1. The summed E-state index contributed by atoms with van der Waals surface area (Å²) in [5.41, 5.74) is 6.85. The topological polar surface area (TPSA) is 85.8 Å². The number of carbonyl (C=O) groups is 1. The van der Waals surface area contributed by atoms with Gasteiger partial charge in [0.1, 0.15) is 6.33 Å². The van der Waals surface area contributed by atoms with Crippen LogP contribution in [0.4, 0.5) is 5.95 Å². The van der Waals surface area contributed by atoms with Gasteiger partial charge in [-0.05, 0) is 43.0 Å². The minimum Gasteiger partial charge on any atom is -0.330 e. The molecule has 3 N–H and O–H groups in total. The first-order valence-corrected chi connectivity index (χ1v) is 8.60. The van der Waals surface area contributed by atoms with E-state index in [0.717, 1.165) is 29.3 Å². The molecule has 1 amide bonds. The van der Waals surface area contributed by atoms with Gasteiger partial charge in [0.2, 0.25) is 11.9 Å². The fraction of sp³-hybridized carbons (Fsp3) is 0.438. The Balaban J connectivity index is 0.00000208. The summed E-state index contributed by atoms with van der Waals surface area (Å²) < 4.78 is 2.74. The average molecular weight is 415 g/mol. The molecule has 1 aliphatic carbocycles. The quantitative estimate of drug-likeness (QED) is 0.788. The molecule has 2 aromatic rings. The monoisotopic (exact) mass is 413 g/mol. The standard InChI is InChI=1S/C16H20BrN5O.ClH/c17-13-5-1-3-11(7-13)9-22-10-19-16(21-22)20-15(23)14-6-2-4-12(14)8-18;/h1,3,5,7,10,12,14H,2,4,6,8-9,18H2,(H,20,21,23);1H/t12-,14-;/m1./s1. The van der Waals surface area contributed by atoms with E-state index in [1.807, 2.05) is 24.3 Å². The molecule has 0 saturated heterocycles. The Morgan fingerprint density at radius 1 is 1.42 bits per heavy atom. The normalized spacial score (nSPS) is 19.8. The summed E-state index contributed by atoms with van der Waals surface area (Å²) >= 11 is 3.45. The number of benzene rings is 1. The van der Waals surface area contributed by atoms with Gasteiger partial charge in [0, 0.05) is 10.4 Å². The van der Waals surface area contributed by atoms with Gasteiger partial charge in [-0.3, -0.25) is 10.1 Å². The first-order chi connectivity index (χ1) is 11.2. The number of hydrogen-bond acceptors (Lipinski definition) is 4. The van der Waals surface area contributed by atoms with E-state index >= 15 is 0 Å². The van der Waals surface area contributed by atoms with Crippen LogP contribution < -0.4 is 11.1 Å². The molecule has 6 nitrogen and oxygen atoms in total. The van der Waals surface area contributed by atoms with E-state index in [2.05, 4.69) is 31.3 Å². The van der Waals surface area contributed by atoms with Crippen LogP contribution in [0, 0.1) is 11.8 Å². The number of nitrogens with zero attached hydrogens (tertiary/aromatic N) is 3. The van der Waals surface area contributed by atoms with Gasteiger partial charge in [0.15, 0.2) is 0 Å². The molecule has 3 rings (SSSR count). The van der Waals surface area contributed by atoms with E-state index in [1.54, 1.807) is 11.0 Å². The molecule has 1 saturated carbocycles. The van der Waals surface area contributed by atoms with Gasteiger partial charge in [0.25, 0.3) is 0 Å². The molecule has 1 fully saturated rings. The lowest BCUT2D eigenvalue weighted by atomic mass is 9.95. The number of amides is 1. The van der Waals surface area contributed by atoms with Gasteiger partial charge in [-0.25, -0.2) is 9.67 Å². The molecule has 0 aliphatic heterocycles. The Hall–Kier alpha value is -1.44. The van der Waals surface area contributed by atoms with Gasteiger partial charge in [-0.1, -0.05) is 34.5 Å². The minimum absolute atomic E-state index is 0. The van der Waals surface area contributed by atoms with Crippen molar-refractivity contribution >= 4 is 40.2 Å². The van der Waals surface area contributed by atoms with Gasteiger partial charge in [-0.15, -0.1) is 17.5 Å². The molecule has 24 heavy (non-hydrogen) atoms. The van der Waals surface area contributed by atoms with Gasteiger partial charge in [0.05, 0.1) is 6.54 Å². The molecule has 1 aliphatic rings. The Kier molecular flexibility index (Phi) is 6.77. The first-order valence-electron chi connectivity index (χ1n) is 7.80. The fourth-order valence-corrected chi connectivity index (χ4v) is 3.56. The maximum absolute atomic E-state index is 12.3. The molecule has 1 aromatic carbocycles. The third kappa shape index (κ3) is 4.55. The van der Waals surface area contributed by atoms with Crippen LogP contribution in [-0.4, -0.2) is 27.2 Å². The summed E-state index contributed by atoms with van der Waals surface area (Å²) in [5, 5.41) is 7.14. The number of nitrogens with two attached hydrogens (primary N) is 1. The van der Waals surface area contributed by atoms with E-state index < -0.39 is 0 Å². The molecule has 8 heteroatoms. The van der Waals surface area contributed by atoms with E-state index in [9.17, 15) is 4.79 Å². The number of aromatic nitrogens is 3. The summed E-state index contributed by atoms with van der Waals surface area (Å²) in [7, 11) is 0. The van der Waals surface area contributed by atoms with Crippen molar-refractivity contribution in [2.75, 3.05) is 11.9 Å². The van der Waals surface area contributed by atoms with E-state index in [-0.39, 0.29) is 30.2 Å². The summed E-state index contributed by atoms with van der Waals surface area (Å²) in [6.07, 6.45) is 4.61. The minimum atomic E-state index is -0.0166. The molecule has 2 atom stereocenters. The number of anilines is 1. The predicted octanol–water partition coefficient (Wildman–Crippen LogP) is 2.82.